The van der Waals surface area contributed by atoms with Crippen LogP contribution in [0, 0.1) is 12.8 Å². The maximum absolute atomic E-state index is 13.4. The first-order valence-electron chi connectivity index (χ1n) is 11.0. The second kappa shape index (κ2) is 8.13. The number of amides is 2. The summed E-state index contributed by atoms with van der Waals surface area (Å²) in [6.45, 7) is 3.50. The SMILES string of the molecule is Cc1noc2nc(C3CC3)cc(C(=O)N3CCC(C(=O)NCc4ccccc4)CC3)c12. The van der Waals surface area contributed by atoms with Crippen molar-refractivity contribution in [1.82, 2.24) is 20.4 Å². The first kappa shape index (κ1) is 19.7. The number of hydrogen-bond acceptors (Lipinski definition) is 5. The highest BCUT2D eigenvalue weighted by atomic mass is 16.5. The summed E-state index contributed by atoms with van der Waals surface area (Å²) in [5.74, 6) is 0.391. The zero-order valence-corrected chi connectivity index (χ0v) is 17.6. The number of rotatable bonds is 5. The topological polar surface area (TPSA) is 88.3 Å². The summed E-state index contributed by atoms with van der Waals surface area (Å²) in [7, 11) is 0. The molecule has 1 aliphatic heterocycles. The molecule has 0 radical (unpaired) electrons. The van der Waals surface area contributed by atoms with Crippen LogP contribution < -0.4 is 5.32 Å². The Morgan fingerprint density at radius 3 is 2.58 bits per heavy atom. The number of carbonyl (C=O) groups excluding carboxylic acids is 2. The van der Waals surface area contributed by atoms with Gasteiger partial charge in [-0.1, -0.05) is 35.5 Å². The standard InChI is InChI=1S/C24H26N4O3/c1-15-21-19(13-20(17-7-8-17)26-23(21)31-27-15)24(30)28-11-9-18(10-12-28)22(29)25-14-16-5-3-2-4-6-16/h2-6,13,17-18H,7-12,14H2,1H3,(H,25,29). The lowest BCUT2D eigenvalue weighted by Gasteiger charge is -2.31. The summed E-state index contributed by atoms with van der Waals surface area (Å²) in [4.78, 5) is 32.4. The van der Waals surface area contributed by atoms with Crippen molar-refractivity contribution < 1.29 is 14.1 Å². The van der Waals surface area contributed by atoms with E-state index >= 15 is 0 Å². The van der Waals surface area contributed by atoms with Crippen LogP contribution in [-0.2, 0) is 11.3 Å². The van der Waals surface area contributed by atoms with Gasteiger partial charge in [-0.3, -0.25) is 9.59 Å². The van der Waals surface area contributed by atoms with Gasteiger partial charge in [0.2, 0.25) is 5.91 Å². The van der Waals surface area contributed by atoms with Crippen molar-refractivity contribution in [3.63, 3.8) is 0 Å². The number of nitrogens with zero attached hydrogens (tertiary/aromatic N) is 3. The van der Waals surface area contributed by atoms with Gasteiger partial charge in [0.25, 0.3) is 11.6 Å². The maximum Gasteiger partial charge on any atom is 0.259 e. The molecule has 2 amide bonds. The Morgan fingerprint density at radius 1 is 1.13 bits per heavy atom. The summed E-state index contributed by atoms with van der Waals surface area (Å²) in [6, 6.07) is 11.8. The molecular weight excluding hydrogens is 392 g/mol. The third-order valence-corrected chi connectivity index (χ3v) is 6.33. The molecule has 0 atom stereocenters. The molecule has 3 heterocycles. The van der Waals surface area contributed by atoms with Gasteiger partial charge >= 0.3 is 0 Å². The minimum Gasteiger partial charge on any atom is -0.352 e. The Bertz CT molecular complexity index is 1110. The molecule has 0 bridgehead atoms. The number of piperidine rings is 1. The molecular formula is C24H26N4O3. The normalized spacial score (nSPS) is 17.1. The Kier molecular flexibility index (Phi) is 5.18. The van der Waals surface area contributed by atoms with Gasteiger partial charge < -0.3 is 14.7 Å². The van der Waals surface area contributed by atoms with Gasteiger partial charge in [0, 0.05) is 37.2 Å². The number of aromatic nitrogens is 2. The predicted molar refractivity (Wildman–Crippen MR) is 115 cm³/mol. The fourth-order valence-electron chi connectivity index (χ4n) is 4.32. The number of pyridine rings is 1. The van der Waals surface area contributed by atoms with E-state index in [4.69, 9.17) is 4.52 Å². The lowest BCUT2D eigenvalue weighted by molar-refractivity contribution is -0.126. The number of fused-ring (bicyclic) bond motifs is 1. The molecule has 1 saturated heterocycles. The molecule has 3 aromatic rings. The summed E-state index contributed by atoms with van der Waals surface area (Å²) in [5, 5.41) is 7.76. The van der Waals surface area contributed by atoms with Gasteiger partial charge in [-0.2, -0.15) is 0 Å². The molecule has 0 spiro atoms. The molecule has 1 saturated carbocycles. The highest BCUT2D eigenvalue weighted by molar-refractivity contribution is 6.06. The monoisotopic (exact) mass is 418 g/mol. The quantitative estimate of drug-likeness (QED) is 0.684. The largest absolute Gasteiger partial charge is 0.352 e. The van der Waals surface area contributed by atoms with E-state index in [-0.39, 0.29) is 17.7 Å². The number of hydrogen-bond donors (Lipinski definition) is 1. The summed E-state index contributed by atoms with van der Waals surface area (Å²) < 4.78 is 5.37. The number of likely N-dealkylation sites (tertiary alicyclic amines) is 1. The van der Waals surface area contributed by atoms with Crippen LogP contribution in [0.1, 0.15) is 58.9 Å². The number of benzene rings is 1. The third-order valence-electron chi connectivity index (χ3n) is 6.33. The van der Waals surface area contributed by atoms with E-state index in [0.717, 1.165) is 24.1 Å². The molecule has 31 heavy (non-hydrogen) atoms. The Balaban J connectivity index is 1.25. The minimum atomic E-state index is -0.0652. The van der Waals surface area contributed by atoms with E-state index in [1.807, 2.05) is 48.2 Å². The first-order chi connectivity index (χ1) is 15.1. The van der Waals surface area contributed by atoms with Gasteiger partial charge in [-0.05, 0) is 44.2 Å². The maximum atomic E-state index is 13.4. The third kappa shape index (κ3) is 4.04. The molecule has 160 valence electrons. The second-order valence-corrected chi connectivity index (χ2v) is 8.59. The van der Waals surface area contributed by atoms with Crippen LogP contribution in [0.3, 0.4) is 0 Å². The number of carbonyl (C=O) groups is 2. The van der Waals surface area contributed by atoms with Crippen molar-refractivity contribution in [3.05, 3.63) is 58.9 Å². The second-order valence-electron chi connectivity index (χ2n) is 8.59. The summed E-state index contributed by atoms with van der Waals surface area (Å²) >= 11 is 0. The average molecular weight is 418 g/mol. The van der Waals surface area contributed by atoms with Crippen molar-refractivity contribution >= 4 is 22.9 Å². The molecule has 2 aliphatic rings. The van der Waals surface area contributed by atoms with E-state index in [1.54, 1.807) is 0 Å². The van der Waals surface area contributed by atoms with Crippen molar-refractivity contribution in [2.75, 3.05) is 13.1 Å². The fourth-order valence-corrected chi connectivity index (χ4v) is 4.32. The molecule has 7 heteroatoms. The van der Waals surface area contributed by atoms with Crippen molar-refractivity contribution in [2.24, 2.45) is 5.92 Å². The van der Waals surface area contributed by atoms with Crippen molar-refractivity contribution in [3.8, 4) is 0 Å². The first-order valence-corrected chi connectivity index (χ1v) is 11.0. The molecule has 2 fully saturated rings. The lowest BCUT2D eigenvalue weighted by atomic mass is 9.95. The minimum absolute atomic E-state index is 0.0243. The molecule has 1 aliphatic carbocycles. The molecule has 5 rings (SSSR count). The Hall–Kier alpha value is -3.22. The Labute approximate surface area is 180 Å². The van der Waals surface area contributed by atoms with Crippen LogP contribution in [0.5, 0.6) is 0 Å². The summed E-state index contributed by atoms with van der Waals surface area (Å²) in [6.07, 6.45) is 3.53. The van der Waals surface area contributed by atoms with Gasteiger partial charge in [-0.15, -0.1) is 0 Å². The average Bonchev–Trinajstić information content (AvgIpc) is 3.60. The van der Waals surface area contributed by atoms with E-state index in [0.29, 0.717) is 60.8 Å². The predicted octanol–water partition coefficient (Wildman–Crippen LogP) is 3.58. The molecule has 1 aromatic carbocycles. The van der Waals surface area contributed by atoms with Crippen LogP contribution in [0.25, 0.3) is 11.1 Å². The van der Waals surface area contributed by atoms with Crippen molar-refractivity contribution in [1.29, 1.82) is 0 Å². The van der Waals surface area contributed by atoms with Crippen LogP contribution in [0.15, 0.2) is 40.9 Å². The lowest BCUT2D eigenvalue weighted by Crippen LogP contribution is -2.43. The van der Waals surface area contributed by atoms with E-state index in [9.17, 15) is 9.59 Å². The molecule has 7 nitrogen and oxygen atoms in total. The number of nitrogens with one attached hydrogen (secondary N) is 1. The fraction of sp³-hybridized carbons (Fsp3) is 0.417. The van der Waals surface area contributed by atoms with Gasteiger partial charge in [0.1, 0.15) is 0 Å². The zero-order valence-electron chi connectivity index (χ0n) is 17.6. The van der Waals surface area contributed by atoms with Crippen LogP contribution in [0.2, 0.25) is 0 Å². The zero-order chi connectivity index (χ0) is 21.4. The van der Waals surface area contributed by atoms with Crippen LogP contribution >= 0.6 is 0 Å². The van der Waals surface area contributed by atoms with E-state index in [2.05, 4.69) is 15.5 Å². The number of aryl methyl sites for hydroxylation is 1. The van der Waals surface area contributed by atoms with Gasteiger partial charge in [0.15, 0.2) is 0 Å². The molecule has 0 unspecified atom stereocenters. The highest BCUT2D eigenvalue weighted by Gasteiger charge is 2.32. The van der Waals surface area contributed by atoms with Gasteiger partial charge in [0.05, 0.1) is 16.6 Å². The van der Waals surface area contributed by atoms with Crippen LogP contribution in [-0.4, -0.2) is 39.9 Å². The van der Waals surface area contributed by atoms with E-state index < -0.39 is 0 Å². The smallest absolute Gasteiger partial charge is 0.259 e. The Morgan fingerprint density at radius 2 is 1.87 bits per heavy atom. The van der Waals surface area contributed by atoms with Crippen LogP contribution in [0.4, 0.5) is 0 Å². The van der Waals surface area contributed by atoms with Gasteiger partial charge in [-0.25, -0.2) is 4.98 Å². The highest BCUT2D eigenvalue weighted by Crippen LogP contribution is 2.40. The molecule has 2 aromatic heterocycles. The van der Waals surface area contributed by atoms with E-state index in [1.165, 1.54) is 0 Å². The molecule has 1 N–H and O–H groups in total. The van der Waals surface area contributed by atoms with Crippen molar-refractivity contribution in [2.45, 2.75) is 45.1 Å². The summed E-state index contributed by atoms with van der Waals surface area (Å²) in [5.41, 5.74) is 3.75.